The molecule has 1 aromatic rings. The molecule has 2 aliphatic heterocycles. The van der Waals surface area contributed by atoms with Crippen LogP contribution in [0.15, 0.2) is 46.6 Å². The minimum Gasteiger partial charge on any atom is -0.461 e. The summed E-state index contributed by atoms with van der Waals surface area (Å²) in [4.78, 5) is 25.7. The molecule has 24 heavy (non-hydrogen) atoms. The predicted molar refractivity (Wildman–Crippen MR) is 96.2 cm³/mol. The number of esters is 1. The van der Waals surface area contributed by atoms with Crippen LogP contribution in [0.4, 0.5) is 5.69 Å². The van der Waals surface area contributed by atoms with Crippen molar-refractivity contribution in [3.8, 4) is 0 Å². The van der Waals surface area contributed by atoms with Crippen LogP contribution in [0.25, 0.3) is 0 Å². The number of amides is 1. The van der Waals surface area contributed by atoms with Crippen molar-refractivity contribution in [1.82, 2.24) is 0 Å². The van der Waals surface area contributed by atoms with Gasteiger partial charge in [0.25, 0.3) is 5.91 Å². The van der Waals surface area contributed by atoms with Gasteiger partial charge in [0.15, 0.2) is 10.5 Å². The summed E-state index contributed by atoms with van der Waals surface area (Å²) >= 11 is 1.47. The Morgan fingerprint density at radius 2 is 2.00 bits per heavy atom. The molecular formula is C18H20N2O3S. The Kier molecular flexibility index (Phi) is 4.49. The largest absolute Gasteiger partial charge is 0.461 e. The molecule has 0 N–H and O–H groups in total. The minimum absolute atomic E-state index is 0.173. The second-order valence-corrected chi connectivity index (χ2v) is 7.25. The summed E-state index contributed by atoms with van der Waals surface area (Å²) in [6.45, 7) is 6.08. The summed E-state index contributed by atoms with van der Waals surface area (Å²) < 4.78 is 4.19. The number of hydrazone groups is 1. The summed E-state index contributed by atoms with van der Waals surface area (Å²) in [5, 5.41) is 5.72. The van der Waals surface area contributed by atoms with E-state index in [1.54, 1.807) is 6.92 Å². The first-order valence-electron chi connectivity index (χ1n) is 7.94. The van der Waals surface area contributed by atoms with Crippen LogP contribution >= 0.6 is 11.8 Å². The van der Waals surface area contributed by atoms with Crippen LogP contribution in [-0.4, -0.2) is 34.7 Å². The van der Waals surface area contributed by atoms with Gasteiger partial charge >= 0.3 is 5.97 Å². The Balaban J connectivity index is 2.06. The quantitative estimate of drug-likeness (QED) is 0.624. The lowest BCUT2D eigenvalue weighted by Crippen LogP contribution is -2.48. The van der Waals surface area contributed by atoms with E-state index >= 15 is 0 Å². The molecule has 126 valence electrons. The number of hydrogen-bond donors (Lipinski definition) is 0. The normalized spacial score (nSPS) is 23.7. The Bertz CT molecular complexity index is 742. The summed E-state index contributed by atoms with van der Waals surface area (Å²) in [7, 11) is 0. The molecule has 2 aliphatic rings. The number of carbonyl (C=O) groups excluding carboxylic acids is 2. The lowest BCUT2D eigenvalue weighted by Gasteiger charge is -2.32. The van der Waals surface area contributed by atoms with Crippen LogP contribution in [0.5, 0.6) is 0 Å². The molecule has 6 heteroatoms. The van der Waals surface area contributed by atoms with Crippen LogP contribution in [0.3, 0.4) is 0 Å². The van der Waals surface area contributed by atoms with Crippen LogP contribution in [0.1, 0.15) is 27.2 Å². The Morgan fingerprint density at radius 1 is 1.29 bits per heavy atom. The van der Waals surface area contributed by atoms with Gasteiger partial charge in [-0.05, 0) is 39.3 Å². The summed E-state index contributed by atoms with van der Waals surface area (Å²) in [5.74, 6) is 0.0243. The monoisotopic (exact) mass is 344 g/mol. The summed E-state index contributed by atoms with van der Waals surface area (Å²) in [5.41, 5.74) is 3.24. The van der Waals surface area contributed by atoms with Crippen molar-refractivity contribution in [3.63, 3.8) is 0 Å². The lowest BCUT2D eigenvalue weighted by molar-refractivity contribution is -0.135. The van der Waals surface area contributed by atoms with E-state index in [1.165, 1.54) is 22.3 Å². The summed E-state index contributed by atoms with van der Waals surface area (Å²) in [6, 6.07) is 9.18. The van der Waals surface area contributed by atoms with Crippen molar-refractivity contribution in [2.45, 2.75) is 31.9 Å². The number of para-hydroxylation sites is 1. The molecule has 1 atom stereocenters. The smallest absolute Gasteiger partial charge is 0.356 e. The third-order valence-corrected chi connectivity index (χ3v) is 5.95. The number of benzene rings is 1. The van der Waals surface area contributed by atoms with Gasteiger partial charge in [-0.3, -0.25) is 4.79 Å². The average Bonchev–Trinajstić information content (AvgIpc) is 2.85. The van der Waals surface area contributed by atoms with Crippen molar-refractivity contribution in [1.29, 1.82) is 0 Å². The second kappa shape index (κ2) is 6.43. The highest BCUT2D eigenvalue weighted by Crippen LogP contribution is 2.45. The van der Waals surface area contributed by atoms with E-state index in [-0.39, 0.29) is 18.2 Å². The number of carbonyl (C=O) groups is 2. The van der Waals surface area contributed by atoms with Crippen LogP contribution in [-0.2, 0) is 14.3 Å². The molecule has 0 aliphatic carbocycles. The van der Waals surface area contributed by atoms with E-state index in [4.69, 9.17) is 4.74 Å². The van der Waals surface area contributed by atoms with Gasteiger partial charge in [-0.25, -0.2) is 4.79 Å². The Labute approximate surface area is 145 Å². The minimum atomic E-state index is -0.980. The maximum absolute atomic E-state index is 13.2. The number of thioether (sulfide) groups is 1. The fourth-order valence-electron chi connectivity index (χ4n) is 2.87. The standard InChI is InChI=1S/C18H20N2O3S/c1-4-23-16(21)15-18(10-12(2)13(3)11-24-18)17(22)20(19-15)14-8-6-5-7-9-14/h5-9H,4,10-11H2,1-3H3/t18-/m1/s1. The lowest BCUT2D eigenvalue weighted by atomic mass is 9.91. The van der Waals surface area contributed by atoms with Gasteiger partial charge < -0.3 is 4.74 Å². The number of hydrogen-bond acceptors (Lipinski definition) is 5. The molecule has 0 saturated carbocycles. The molecule has 3 rings (SSSR count). The maximum Gasteiger partial charge on any atom is 0.356 e. The summed E-state index contributed by atoms with van der Waals surface area (Å²) in [6.07, 6.45) is 0.489. The molecule has 2 heterocycles. The van der Waals surface area contributed by atoms with Gasteiger partial charge in [0.05, 0.1) is 12.3 Å². The van der Waals surface area contributed by atoms with Crippen LogP contribution in [0, 0.1) is 0 Å². The van der Waals surface area contributed by atoms with Crippen molar-refractivity contribution in [3.05, 3.63) is 41.5 Å². The van der Waals surface area contributed by atoms with Crippen molar-refractivity contribution < 1.29 is 14.3 Å². The first-order chi connectivity index (χ1) is 11.5. The van der Waals surface area contributed by atoms with E-state index in [0.717, 1.165) is 5.57 Å². The zero-order valence-electron chi connectivity index (χ0n) is 14.0. The number of nitrogens with zero attached hydrogens (tertiary/aromatic N) is 2. The number of rotatable bonds is 3. The van der Waals surface area contributed by atoms with E-state index in [9.17, 15) is 9.59 Å². The first-order valence-corrected chi connectivity index (χ1v) is 8.93. The molecule has 0 saturated heterocycles. The Morgan fingerprint density at radius 3 is 2.62 bits per heavy atom. The molecule has 5 nitrogen and oxygen atoms in total. The number of ether oxygens (including phenoxy) is 1. The van der Waals surface area contributed by atoms with Gasteiger partial charge in [0.1, 0.15) is 0 Å². The van der Waals surface area contributed by atoms with Crippen LogP contribution < -0.4 is 5.01 Å². The molecular weight excluding hydrogens is 324 g/mol. The third kappa shape index (κ3) is 2.65. The van der Waals surface area contributed by atoms with E-state index in [2.05, 4.69) is 12.0 Å². The second-order valence-electron chi connectivity index (χ2n) is 5.97. The molecule has 0 aromatic heterocycles. The van der Waals surface area contributed by atoms with Crippen molar-refractivity contribution in [2.75, 3.05) is 17.4 Å². The molecule has 1 spiro atoms. The Hall–Kier alpha value is -2.08. The van der Waals surface area contributed by atoms with Crippen LogP contribution in [0.2, 0.25) is 0 Å². The third-order valence-electron chi connectivity index (χ3n) is 4.37. The van der Waals surface area contributed by atoms with E-state index < -0.39 is 10.7 Å². The average molecular weight is 344 g/mol. The molecule has 0 bridgehead atoms. The van der Waals surface area contributed by atoms with Gasteiger partial charge in [-0.2, -0.15) is 10.1 Å². The van der Waals surface area contributed by atoms with Gasteiger partial charge in [0.2, 0.25) is 0 Å². The predicted octanol–water partition coefficient (Wildman–Crippen LogP) is 3.16. The number of allylic oxidation sites excluding steroid dienone is 1. The molecule has 1 aromatic carbocycles. The highest BCUT2D eigenvalue weighted by Gasteiger charge is 2.56. The van der Waals surface area contributed by atoms with Gasteiger partial charge in [-0.1, -0.05) is 29.3 Å². The topological polar surface area (TPSA) is 59.0 Å². The van der Waals surface area contributed by atoms with E-state index in [1.807, 2.05) is 37.3 Å². The molecule has 0 fully saturated rings. The zero-order valence-corrected chi connectivity index (χ0v) is 14.9. The van der Waals surface area contributed by atoms with E-state index in [0.29, 0.717) is 17.9 Å². The SMILES string of the molecule is CCOC(=O)C1=NN(c2ccccc2)C(=O)[C@@]12CC(C)=C(C)CS2. The molecule has 0 radical (unpaired) electrons. The highest BCUT2D eigenvalue weighted by atomic mass is 32.2. The van der Waals surface area contributed by atoms with Crippen molar-refractivity contribution >= 4 is 35.0 Å². The molecule has 1 amide bonds. The first kappa shape index (κ1) is 16.8. The fraction of sp³-hybridized carbons (Fsp3) is 0.389. The maximum atomic E-state index is 13.2. The van der Waals surface area contributed by atoms with Gasteiger partial charge in [-0.15, -0.1) is 11.8 Å². The zero-order chi connectivity index (χ0) is 17.3. The van der Waals surface area contributed by atoms with Crippen molar-refractivity contribution in [2.24, 2.45) is 5.10 Å². The van der Waals surface area contributed by atoms with Gasteiger partial charge in [0, 0.05) is 5.75 Å². The fourth-order valence-corrected chi connectivity index (χ4v) is 4.37. The highest BCUT2D eigenvalue weighted by molar-refractivity contribution is 8.02. The molecule has 0 unspecified atom stereocenters. The number of anilines is 1.